The van der Waals surface area contributed by atoms with Crippen LogP contribution in [0.4, 0.5) is 0 Å². The molecule has 1 fully saturated rings. The van der Waals surface area contributed by atoms with Crippen LogP contribution in [0.5, 0.6) is 0 Å². The molecule has 1 amide bonds. The summed E-state index contributed by atoms with van der Waals surface area (Å²) in [5, 5.41) is 15.3. The molecule has 3 N–H and O–H groups in total. The molecule has 1 rings (SSSR count). The van der Waals surface area contributed by atoms with Crippen LogP contribution in [-0.4, -0.2) is 48.1 Å². The molecule has 0 aromatic heterocycles. The summed E-state index contributed by atoms with van der Waals surface area (Å²) in [6.07, 6.45) is 5.77. The van der Waals surface area contributed by atoms with Gasteiger partial charge in [-0.3, -0.25) is 4.79 Å². The van der Waals surface area contributed by atoms with Crippen LogP contribution in [0.1, 0.15) is 39.0 Å². The van der Waals surface area contributed by atoms with Gasteiger partial charge in [0.25, 0.3) is 0 Å². The summed E-state index contributed by atoms with van der Waals surface area (Å²) in [5.41, 5.74) is -0.382. The molecule has 1 atom stereocenters. The molecule has 1 saturated heterocycles. The topological polar surface area (TPSA) is 78.4 Å². The summed E-state index contributed by atoms with van der Waals surface area (Å²) in [4.78, 5) is 23.8. The molecule has 0 aliphatic carbocycles. The average Bonchev–Trinajstić information content (AvgIpc) is 2.44. The third-order valence-electron chi connectivity index (χ3n) is 3.98. The molecule has 5 nitrogen and oxygen atoms in total. The summed E-state index contributed by atoms with van der Waals surface area (Å²) in [5.74, 6) is -0.276. The van der Waals surface area contributed by atoms with E-state index >= 15 is 0 Å². The first kappa shape index (κ1) is 17.3. The van der Waals surface area contributed by atoms with E-state index in [-0.39, 0.29) is 11.3 Å². The Morgan fingerprint density at radius 1 is 1.40 bits per heavy atom. The number of hydrogen-bond acceptors (Lipinski definition) is 4. The normalized spacial score (nSPS) is 19.3. The summed E-state index contributed by atoms with van der Waals surface area (Å²) >= 11 is 1.59. The van der Waals surface area contributed by atoms with Crippen molar-refractivity contribution in [2.24, 2.45) is 5.41 Å². The first-order chi connectivity index (χ1) is 9.55. The van der Waals surface area contributed by atoms with Crippen LogP contribution in [0, 0.1) is 5.41 Å². The van der Waals surface area contributed by atoms with Crippen LogP contribution < -0.4 is 10.6 Å². The van der Waals surface area contributed by atoms with Gasteiger partial charge in [-0.25, -0.2) is 4.79 Å². The van der Waals surface area contributed by atoms with Gasteiger partial charge in [0, 0.05) is 0 Å². The van der Waals surface area contributed by atoms with E-state index in [9.17, 15) is 14.7 Å². The number of carbonyl (C=O) groups is 2. The average molecular weight is 302 g/mol. The summed E-state index contributed by atoms with van der Waals surface area (Å²) < 4.78 is 0. The molecule has 1 aliphatic heterocycles. The van der Waals surface area contributed by atoms with Gasteiger partial charge in [0.1, 0.15) is 6.04 Å². The van der Waals surface area contributed by atoms with E-state index in [4.69, 9.17) is 0 Å². The highest BCUT2D eigenvalue weighted by Crippen LogP contribution is 2.34. The fraction of sp³-hybridized carbons (Fsp3) is 0.857. The van der Waals surface area contributed by atoms with E-state index in [1.54, 1.807) is 11.8 Å². The molecule has 6 heteroatoms. The van der Waals surface area contributed by atoms with Gasteiger partial charge in [-0.1, -0.05) is 13.3 Å². The van der Waals surface area contributed by atoms with Gasteiger partial charge in [0.05, 0.1) is 5.41 Å². The van der Waals surface area contributed by atoms with E-state index in [1.165, 1.54) is 0 Å². The quantitative estimate of drug-likeness (QED) is 0.633. The number of rotatable bonds is 8. The fourth-order valence-corrected chi connectivity index (χ4v) is 3.25. The molecular formula is C14H26N2O3S. The Morgan fingerprint density at radius 2 is 2.05 bits per heavy atom. The molecular weight excluding hydrogens is 276 g/mol. The minimum atomic E-state index is -0.937. The second-order valence-corrected chi connectivity index (χ2v) is 6.41. The van der Waals surface area contributed by atoms with Gasteiger partial charge in [-0.2, -0.15) is 11.8 Å². The fourth-order valence-electron chi connectivity index (χ4n) is 2.78. The predicted octanol–water partition coefficient (Wildman–Crippen LogP) is 1.48. The second-order valence-electron chi connectivity index (χ2n) is 5.43. The lowest BCUT2D eigenvalue weighted by Gasteiger charge is -2.37. The predicted molar refractivity (Wildman–Crippen MR) is 82.0 cm³/mol. The van der Waals surface area contributed by atoms with Crippen LogP contribution in [0.25, 0.3) is 0 Å². The minimum absolute atomic E-state index is 0.0747. The van der Waals surface area contributed by atoms with E-state index in [1.807, 2.05) is 6.26 Å². The van der Waals surface area contributed by atoms with Crippen molar-refractivity contribution < 1.29 is 14.7 Å². The number of carboxylic acid groups (broad SMARTS) is 1. The van der Waals surface area contributed by atoms with Crippen LogP contribution in [0.3, 0.4) is 0 Å². The van der Waals surface area contributed by atoms with Crippen molar-refractivity contribution >= 4 is 23.6 Å². The van der Waals surface area contributed by atoms with Gasteiger partial charge in [0.2, 0.25) is 5.91 Å². The van der Waals surface area contributed by atoms with Gasteiger partial charge < -0.3 is 15.7 Å². The van der Waals surface area contributed by atoms with Crippen LogP contribution in [0.15, 0.2) is 0 Å². The molecule has 20 heavy (non-hydrogen) atoms. The van der Waals surface area contributed by atoms with E-state index in [2.05, 4.69) is 17.6 Å². The van der Waals surface area contributed by atoms with E-state index in [0.717, 1.165) is 44.5 Å². The van der Waals surface area contributed by atoms with Crippen molar-refractivity contribution in [1.82, 2.24) is 10.6 Å². The number of carboxylic acids is 1. The van der Waals surface area contributed by atoms with Crippen LogP contribution in [-0.2, 0) is 9.59 Å². The van der Waals surface area contributed by atoms with Crippen molar-refractivity contribution in [3.63, 3.8) is 0 Å². The Morgan fingerprint density at radius 3 is 2.55 bits per heavy atom. The number of amides is 1. The number of carbonyl (C=O) groups excluding carboxylic acids is 1. The number of nitrogens with one attached hydrogen (secondary N) is 2. The molecule has 1 aliphatic rings. The highest BCUT2D eigenvalue weighted by atomic mass is 32.2. The Labute approximate surface area is 125 Å². The molecule has 116 valence electrons. The monoisotopic (exact) mass is 302 g/mol. The highest BCUT2D eigenvalue weighted by Gasteiger charge is 2.39. The molecule has 0 aromatic carbocycles. The maximum atomic E-state index is 12.6. The Kier molecular flexibility index (Phi) is 7.37. The van der Waals surface area contributed by atoms with E-state index in [0.29, 0.717) is 6.42 Å². The number of piperidine rings is 1. The summed E-state index contributed by atoms with van der Waals surface area (Å²) in [6.45, 7) is 3.73. The molecule has 1 heterocycles. The molecule has 0 saturated carbocycles. The number of aliphatic carboxylic acids is 1. The largest absolute Gasteiger partial charge is 0.480 e. The lowest BCUT2D eigenvalue weighted by atomic mass is 9.74. The van der Waals surface area contributed by atoms with Crippen LogP contribution >= 0.6 is 11.8 Å². The second kappa shape index (κ2) is 8.52. The number of thioether (sulfide) groups is 1. The molecule has 0 bridgehead atoms. The zero-order valence-corrected chi connectivity index (χ0v) is 13.2. The van der Waals surface area contributed by atoms with Crippen molar-refractivity contribution in [3.05, 3.63) is 0 Å². The van der Waals surface area contributed by atoms with Crippen molar-refractivity contribution in [2.75, 3.05) is 25.1 Å². The van der Waals surface area contributed by atoms with Crippen molar-refractivity contribution in [3.8, 4) is 0 Å². The Hall–Kier alpha value is -0.750. The van der Waals surface area contributed by atoms with Crippen molar-refractivity contribution in [1.29, 1.82) is 0 Å². The smallest absolute Gasteiger partial charge is 0.326 e. The SMILES string of the molecule is CCCC1(C(=O)N[C@@H](CCSC)C(=O)O)CCNCC1. The van der Waals surface area contributed by atoms with Gasteiger partial charge in [0.15, 0.2) is 0 Å². The standard InChI is InChI=1S/C14H26N2O3S/c1-3-5-14(6-8-15-9-7-14)13(19)16-11(12(17)18)4-10-20-2/h11,15H,3-10H2,1-2H3,(H,16,19)(H,17,18)/t11-/m0/s1. The van der Waals surface area contributed by atoms with Gasteiger partial charge in [-0.05, 0) is 50.8 Å². The third-order valence-corrected chi connectivity index (χ3v) is 4.63. The highest BCUT2D eigenvalue weighted by molar-refractivity contribution is 7.98. The van der Waals surface area contributed by atoms with E-state index < -0.39 is 12.0 Å². The zero-order chi connectivity index (χ0) is 15.0. The Balaban J connectivity index is 2.70. The Bertz CT molecular complexity index is 325. The first-order valence-electron chi connectivity index (χ1n) is 7.29. The molecule has 0 radical (unpaired) electrons. The molecule has 0 aromatic rings. The van der Waals surface area contributed by atoms with Gasteiger partial charge >= 0.3 is 5.97 Å². The summed E-state index contributed by atoms with van der Waals surface area (Å²) in [6, 6.07) is -0.765. The third kappa shape index (κ3) is 4.66. The maximum absolute atomic E-state index is 12.6. The van der Waals surface area contributed by atoms with Crippen molar-refractivity contribution in [2.45, 2.75) is 45.1 Å². The molecule has 0 spiro atoms. The van der Waals surface area contributed by atoms with Gasteiger partial charge in [-0.15, -0.1) is 0 Å². The number of hydrogen-bond donors (Lipinski definition) is 3. The summed E-state index contributed by atoms with van der Waals surface area (Å²) in [7, 11) is 0. The van der Waals surface area contributed by atoms with Crippen LogP contribution in [0.2, 0.25) is 0 Å². The lowest BCUT2D eigenvalue weighted by Crippen LogP contribution is -2.52. The lowest BCUT2D eigenvalue weighted by molar-refractivity contribution is -0.144. The maximum Gasteiger partial charge on any atom is 0.326 e. The first-order valence-corrected chi connectivity index (χ1v) is 8.68. The minimum Gasteiger partial charge on any atom is -0.480 e. The molecule has 0 unspecified atom stereocenters. The zero-order valence-electron chi connectivity index (χ0n) is 12.4.